The molecule has 156 valence electrons. The van der Waals surface area contributed by atoms with Crippen LogP contribution in [0.1, 0.15) is 54.6 Å². The zero-order valence-corrected chi connectivity index (χ0v) is 19.1. The van der Waals surface area contributed by atoms with Crippen molar-refractivity contribution < 1.29 is 4.74 Å². The van der Waals surface area contributed by atoms with Crippen molar-refractivity contribution in [1.82, 2.24) is 19.6 Å². The Morgan fingerprint density at radius 1 is 1.20 bits per heavy atom. The topological polar surface area (TPSA) is 52.3 Å². The molecule has 5 rings (SSSR count). The van der Waals surface area contributed by atoms with Gasteiger partial charge in [0.2, 0.25) is 0 Å². The molecule has 1 aromatic carbocycles. The van der Waals surface area contributed by atoms with E-state index in [2.05, 4.69) is 51.9 Å². The lowest BCUT2D eigenvalue weighted by Gasteiger charge is -2.33. The summed E-state index contributed by atoms with van der Waals surface area (Å²) < 4.78 is 7.90. The normalized spacial score (nSPS) is 16.9. The molecule has 1 aliphatic rings. The zero-order valence-electron chi connectivity index (χ0n) is 18.3. The molecular weight excluding hydrogens is 392 g/mol. The summed E-state index contributed by atoms with van der Waals surface area (Å²) >= 11 is 1.83. The molecule has 0 saturated heterocycles. The highest BCUT2D eigenvalue weighted by Gasteiger charge is 2.31. The number of nitrogens with zero attached hydrogens (tertiary/aromatic N) is 4. The van der Waals surface area contributed by atoms with Gasteiger partial charge in [-0.15, -0.1) is 16.4 Å². The molecule has 30 heavy (non-hydrogen) atoms. The molecule has 0 radical (unpaired) electrons. The lowest BCUT2D eigenvalue weighted by molar-refractivity contribution is 0.218. The van der Waals surface area contributed by atoms with Gasteiger partial charge in [0.15, 0.2) is 11.5 Å². The monoisotopic (exact) mass is 420 g/mol. The standard InChI is InChI=1S/C24H28N4OS/c1-14-7-6-8-15(2)21(14)29-12-19-26-22-20-17-10-9-16(24(3,4)5)11-18(17)30-23(20)25-13-28(22)27-19/h6-8,13,16H,9-12H2,1-5H3. The van der Waals surface area contributed by atoms with Crippen LogP contribution < -0.4 is 4.74 Å². The van der Waals surface area contributed by atoms with Crippen molar-refractivity contribution in [3.05, 3.63) is 51.9 Å². The molecule has 0 spiro atoms. The van der Waals surface area contributed by atoms with E-state index in [1.54, 1.807) is 6.33 Å². The maximum Gasteiger partial charge on any atom is 0.189 e. The molecule has 0 amide bonds. The second-order valence-corrected chi connectivity index (χ2v) is 10.6. The van der Waals surface area contributed by atoms with Crippen LogP contribution in [0.4, 0.5) is 0 Å². The number of hydrogen-bond acceptors (Lipinski definition) is 5. The minimum absolute atomic E-state index is 0.337. The predicted octanol–water partition coefficient (Wildman–Crippen LogP) is 5.69. The zero-order chi connectivity index (χ0) is 21.0. The van der Waals surface area contributed by atoms with Gasteiger partial charge in [0.1, 0.15) is 23.5 Å². The van der Waals surface area contributed by atoms with E-state index in [1.807, 2.05) is 21.9 Å². The maximum absolute atomic E-state index is 6.08. The Morgan fingerprint density at radius 2 is 1.97 bits per heavy atom. The third-order valence-corrected chi connectivity index (χ3v) is 7.57. The summed E-state index contributed by atoms with van der Waals surface area (Å²) in [5.74, 6) is 2.32. The van der Waals surface area contributed by atoms with E-state index in [-0.39, 0.29) is 0 Å². The van der Waals surface area contributed by atoms with Crippen molar-refractivity contribution in [2.75, 3.05) is 0 Å². The fourth-order valence-corrected chi connectivity index (χ4v) is 5.84. The Labute approximate surface area is 181 Å². The average molecular weight is 421 g/mol. The summed E-state index contributed by atoms with van der Waals surface area (Å²) in [5, 5.41) is 5.83. The Balaban J connectivity index is 1.49. The van der Waals surface area contributed by atoms with E-state index in [0.717, 1.165) is 40.2 Å². The van der Waals surface area contributed by atoms with Gasteiger partial charge in [-0.2, -0.15) is 0 Å². The highest BCUT2D eigenvalue weighted by Crippen LogP contribution is 2.43. The number of hydrogen-bond donors (Lipinski definition) is 0. The number of ether oxygens (including phenoxy) is 1. The van der Waals surface area contributed by atoms with Crippen LogP contribution in [0.15, 0.2) is 24.5 Å². The summed E-state index contributed by atoms with van der Waals surface area (Å²) in [4.78, 5) is 12.1. The molecule has 0 aliphatic heterocycles. The summed E-state index contributed by atoms with van der Waals surface area (Å²) in [6, 6.07) is 6.18. The van der Waals surface area contributed by atoms with Crippen molar-refractivity contribution in [1.29, 1.82) is 0 Å². The number of aromatic nitrogens is 4. The molecule has 1 atom stereocenters. The second kappa shape index (κ2) is 7.05. The van der Waals surface area contributed by atoms with Crippen LogP contribution in [0, 0.1) is 25.2 Å². The third-order valence-electron chi connectivity index (χ3n) is 6.41. The van der Waals surface area contributed by atoms with Crippen LogP contribution in [0.2, 0.25) is 0 Å². The van der Waals surface area contributed by atoms with E-state index < -0.39 is 0 Å². The van der Waals surface area contributed by atoms with Gasteiger partial charge in [-0.1, -0.05) is 39.0 Å². The van der Waals surface area contributed by atoms with Crippen LogP contribution in [0.25, 0.3) is 15.9 Å². The van der Waals surface area contributed by atoms with Gasteiger partial charge < -0.3 is 4.74 Å². The van der Waals surface area contributed by atoms with Crippen molar-refractivity contribution in [3.63, 3.8) is 0 Å². The largest absolute Gasteiger partial charge is 0.485 e. The second-order valence-electron chi connectivity index (χ2n) is 9.54. The van der Waals surface area contributed by atoms with E-state index >= 15 is 0 Å². The van der Waals surface area contributed by atoms with Crippen molar-refractivity contribution >= 4 is 27.2 Å². The molecule has 1 aliphatic carbocycles. The lowest BCUT2D eigenvalue weighted by atomic mass is 9.72. The van der Waals surface area contributed by atoms with E-state index in [1.165, 1.54) is 22.2 Å². The summed E-state index contributed by atoms with van der Waals surface area (Å²) in [6.45, 7) is 11.5. The van der Waals surface area contributed by atoms with Gasteiger partial charge in [-0.3, -0.25) is 0 Å². The molecule has 1 unspecified atom stereocenters. The molecule has 4 aromatic rings. The molecule has 6 heteroatoms. The highest BCUT2D eigenvalue weighted by atomic mass is 32.1. The highest BCUT2D eigenvalue weighted by molar-refractivity contribution is 7.19. The number of para-hydroxylation sites is 1. The van der Waals surface area contributed by atoms with Gasteiger partial charge >= 0.3 is 0 Å². The first-order valence-corrected chi connectivity index (χ1v) is 11.5. The van der Waals surface area contributed by atoms with Crippen molar-refractivity contribution in [2.45, 2.75) is 60.5 Å². The first kappa shape index (κ1) is 19.5. The molecule has 5 nitrogen and oxygen atoms in total. The first-order chi connectivity index (χ1) is 14.3. The van der Waals surface area contributed by atoms with Crippen LogP contribution in [0.5, 0.6) is 5.75 Å². The quantitative estimate of drug-likeness (QED) is 0.427. The van der Waals surface area contributed by atoms with E-state index in [0.29, 0.717) is 23.8 Å². The number of thiophene rings is 1. The smallest absolute Gasteiger partial charge is 0.189 e. The van der Waals surface area contributed by atoms with Crippen LogP contribution in [0.3, 0.4) is 0 Å². The molecule has 3 heterocycles. The average Bonchev–Trinajstić information content (AvgIpc) is 3.26. The molecular formula is C24H28N4OS. The van der Waals surface area contributed by atoms with Crippen LogP contribution in [-0.4, -0.2) is 19.6 Å². The lowest BCUT2D eigenvalue weighted by Crippen LogP contribution is -2.26. The summed E-state index contributed by atoms with van der Waals surface area (Å²) in [7, 11) is 0. The minimum Gasteiger partial charge on any atom is -0.485 e. The molecule has 0 saturated carbocycles. The minimum atomic E-state index is 0.337. The fraction of sp³-hybridized carbons (Fsp3) is 0.458. The first-order valence-electron chi connectivity index (χ1n) is 10.6. The Hall–Kier alpha value is -2.47. The molecule has 0 bridgehead atoms. The Morgan fingerprint density at radius 3 is 2.70 bits per heavy atom. The Bertz CT molecular complexity index is 1230. The number of aryl methyl sites for hydroxylation is 3. The van der Waals surface area contributed by atoms with Crippen LogP contribution in [-0.2, 0) is 19.4 Å². The summed E-state index contributed by atoms with van der Waals surface area (Å²) in [5.41, 5.74) is 4.94. The Kier molecular flexibility index (Phi) is 4.58. The van der Waals surface area contributed by atoms with E-state index in [4.69, 9.17) is 14.7 Å². The van der Waals surface area contributed by atoms with Gasteiger partial charge in [0.25, 0.3) is 0 Å². The number of fused-ring (bicyclic) bond motifs is 5. The SMILES string of the molecule is Cc1cccc(C)c1OCc1nc2c3c4c(sc3ncn2n1)CC(C(C)(C)C)CC4. The maximum atomic E-state index is 6.08. The number of benzene rings is 1. The third kappa shape index (κ3) is 3.27. The van der Waals surface area contributed by atoms with Crippen LogP contribution >= 0.6 is 11.3 Å². The van der Waals surface area contributed by atoms with Gasteiger partial charge in [0.05, 0.1) is 5.39 Å². The van der Waals surface area contributed by atoms with E-state index in [9.17, 15) is 0 Å². The fourth-order valence-electron chi connectivity index (χ4n) is 4.58. The molecule has 0 fully saturated rings. The van der Waals surface area contributed by atoms with Crippen molar-refractivity contribution in [2.24, 2.45) is 11.3 Å². The number of rotatable bonds is 3. The van der Waals surface area contributed by atoms with Crippen molar-refractivity contribution in [3.8, 4) is 5.75 Å². The van der Waals surface area contributed by atoms with Gasteiger partial charge in [-0.25, -0.2) is 14.5 Å². The van der Waals surface area contributed by atoms with Gasteiger partial charge in [0, 0.05) is 4.88 Å². The van der Waals surface area contributed by atoms with Gasteiger partial charge in [-0.05, 0) is 61.1 Å². The molecule has 0 N–H and O–H groups in total. The summed E-state index contributed by atoms with van der Waals surface area (Å²) in [6.07, 6.45) is 5.25. The predicted molar refractivity (Wildman–Crippen MR) is 121 cm³/mol. The molecule has 3 aromatic heterocycles.